The van der Waals surface area contributed by atoms with Gasteiger partial charge in [0.2, 0.25) is 0 Å². The fraction of sp³-hybridized carbons (Fsp3) is 0.250. The standard InChI is InChI=1S/C12H11F3N2/c13-12(14,15)11(8-17-7-6-16-9-17)10-4-2-1-3-5-10/h1-7,9,11H,8H2. The van der Waals surface area contributed by atoms with Crippen LogP contribution >= 0.6 is 0 Å². The van der Waals surface area contributed by atoms with Crippen molar-refractivity contribution in [2.24, 2.45) is 0 Å². The third-order valence-corrected chi connectivity index (χ3v) is 2.55. The molecule has 0 aliphatic rings. The van der Waals surface area contributed by atoms with Crippen LogP contribution in [0.2, 0.25) is 0 Å². The van der Waals surface area contributed by atoms with Crippen LogP contribution in [0.1, 0.15) is 11.5 Å². The molecule has 2 rings (SSSR count). The summed E-state index contributed by atoms with van der Waals surface area (Å²) >= 11 is 0. The van der Waals surface area contributed by atoms with E-state index in [0.29, 0.717) is 0 Å². The molecule has 0 N–H and O–H groups in total. The molecule has 2 nitrogen and oxygen atoms in total. The van der Waals surface area contributed by atoms with E-state index < -0.39 is 12.1 Å². The Morgan fingerprint density at radius 3 is 2.41 bits per heavy atom. The molecule has 0 fully saturated rings. The van der Waals surface area contributed by atoms with Gasteiger partial charge < -0.3 is 4.57 Å². The molecule has 1 atom stereocenters. The van der Waals surface area contributed by atoms with Gasteiger partial charge >= 0.3 is 6.18 Å². The normalized spacial score (nSPS) is 13.6. The number of halogens is 3. The number of rotatable bonds is 3. The number of benzene rings is 1. The Morgan fingerprint density at radius 2 is 1.88 bits per heavy atom. The van der Waals surface area contributed by atoms with Crippen molar-refractivity contribution in [3.8, 4) is 0 Å². The number of alkyl halides is 3. The van der Waals surface area contributed by atoms with Gasteiger partial charge in [0.05, 0.1) is 12.2 Å². The van der Waals surface area contributed by atoms with Gasteiger partial charge in [-0.2, -0.15) is 13.2 Å². The molecule has 1 heterocycles. The number of hydrogen-bond donors (Lipinski definition) is 0. The predicted octanol–water partition coefficient (Wildman–Crippen LogP) is 3.23. The van der Waals surface area contributed by atoms with Gasteiger partial charge in [-0.1, -0.05) is 30.3 Å². The number of nitrogens with zero attached hydrogens (tertiary/aromatic N) is 2. The van der Waals surface area contributed by atoms with Gasteiger partial charge in [0, 0.05) is 18.9 Å². The first-order valence-corrected chi connectivity index (χ1v) is 5.15. The summed E-state index contributed by atoms with van der Waals surface area (Å²) < 4.78 is 40.3. The summed E-state index contributed by atoms with van der Waals surface area (Å²) in [4.78, 5) is 3.75. The van der Waals surface area contributed by atoms with E-state index in [1.165, 1.54) is 35.4 Å². The van der Waals surface area contributed by atoms with Gasteiger partial charge in [-0.25, -0.2) is 4.98 Å². The number of hydrogen-bond acceptors (Lipinski definition) is 1. The van der Waals surface area contributed by atoms with Crippen LogP contribution in [-0.4, -0.2) is 15.7 Å². The molecular weight excluding hydrogens is 229 g/mol. The highest BCUT2D eigenvalue weighted by Crippen LogP contribution is 2.35. The highest BCUT2D eigenvalue weighted by Gasteiger charge is 2.40. The van der Waals surface area contributed by atoms with Crippen molar-refractivity contribution in [1.29, 1.82) is 0 Å². The lowest BCUT2D eigenvalue weighted by molar-refractivity contribution is -0.153. The monoisotopic (exact) mass is 240 g/mol. The van der Waals surface area contributed by atoms with Crippen molar-refractivity contribution >= 4 is 0 Å². The van der Waals surface area contributed by atoms with Gasteiger partial charge in [-0.05, 0) is 5.56 Å². The first-order valence-electron chi connectivity index (χ1n) is 5.15. The molecule has 0 saturated carbocycles. The van der Waals surface area contributed by atoms with Crippen LogP contribution in [0.15, 0.2) is 49.1 Å². The zero-order chi connectivity index (χ0) is 12.3. The molecule has 5 heteroatoms. The number of imidazole rings is 1. The molecule has 1 unspecified atom stereocenters. The van der Waals surface area contributed by atoms with Crippen molar-refractivity contribution in [3.05, 3.63) is 54.6 Å². The van der Waals surface area contributed by atoms with E-state index in [9.17, 15) is 13.2 Å². The van der Waals surface area contributed by atoms with Crippen LogP contribution in [0, 0.1) is 0 Å². The summed E-state index contributed by atoms with van der Waals surface area (Å²) in [5.41, 5.74) is 0.272. The summed E-state index contributed by atoms with van der Waals surface area (Å²) in [5.74, 6) is -1.50. The zero-order valence-electron chi connectivity index (χ0n) is 8.93. The van der Waals surface area contributed by atoms with Gasteiger partial charge in [0.1, 0.15) is 0 Å². The largest absolute Gasteiger partial charge is 0.397 e. The summed E-state index contributed by atoms with van der Waals surface area (Å²) in [6.45, 7) is -0.145. The average molecular weight is 240 g/mol. The molecule has 1 aromatic heterocycles. The van der Waals surface area contributed by atoms with E-state index in [2.05, 4.69) is 4.98 Å². The van der Waals surface area contributed by atoms with Gasteiger partial charge in [0.15, 0.2) is 0 Å². The van der Waals surface area contributed by atoms with Crippen LogP contribution in [0.3, 0.4) is 0 Å². The lowest BCUT2D eigenvalue weighted by Gasteiger charge is -2.21. The fourth-order valence-electron chi connectivity index (χ4n) is 1.69. The second-order valence-electron chi connectivity index (χ2n) is 3.76. The third-order valence-electron chi connectivity index (χ3n) is 2.55. The highest BCUT2D eigenvalue weighted by atomic mass is 19.4. The highest BCUT2D eigenvalue weighted by molar-refractivity contribution is 5.21. The quantitative estimate of drug-likeness (QED) is 0.805. The lowest BCUT2D eigenvalue weighted by atomic mass is 9.98. The summed E-state index contributed by atoms with van der Waals surface area (Å²) in [5, 5.41) is 0. The molecule has 0 aliphatic carbocycles. The molecular formula is C12H11F3N2. The van der Waals surface area contributed by atoms with Crippen molar-refractivity contribution in [2.75, 3.05) is 0 Å². The van der Waals surface area contributed by atoms with Gasteiger partial charge in [-0.3, -0.25) is 0 Å². The first-order chi connectivity index (χ1) is 8.07. The average Bonchev–Trinajstić information content (AvgIpc) is 2.78. The van der Waals surface area contributed by atoms with E-state index in [1.807, 2.05) is 0 Å². The Morgan fingerprint density at radius 1 is 1.18 bits per heavy atom. The van der Waals surface area contributed by atoms with Gasteiger partial charge in [0.25, 0.3) is 0 Å². The van der Waals surface area contributed by atoms with E-state index >= 15 is 0 Å². The molecule has 2 aromatic rings. The molecule has 17 heavy (non-hydrogen) atoms. The van der Waals surface area contributed by atoms with E-state index in [-0.39, 0.29) is 12.1 Å². The molecule has 0 saturated heterocycles. The minimum absolute atomic E-state index is 0.145. The van der Waals surface area contributed by atoms with Crippen molar-refractivity contribution in [3.63, 3.8) is 0 Å². The Balaban J connectivity index is 2.27. The van der Waals surface area contributed by atoms with Gasteiger partial charge in [-0.15, -0.1) is 0 Å². The topological polar surface area (TPSA) is 17.8 Å². The second kappa shape index (κ2) is 4.61. The van der Waals surface area contributed by atoms with Crippen LogP contribution in [0.5, 0.6) is 0 Å². The minimum atomic E-state index is -4.26. The molecule has 0 radical (unpaired) electrons. The van der Waals surface area contributed by atoms with Crippen molar-refractivity contribution in [1.82, 2.24) is 9.55 Å². The SMILES string of the molecule is FC(F)(F)C(Cn1ccnc1)c1ccccc1. The molecule has 0 bridgehead atoms. The van der Waals surface area contributed by atoms with Crippen molar-refractivity contribution in [2.45, 2.75) is 18.6 Å². The van der Waals surface area contributed by atoms with E-state index in [0.717, 1.165) is 0 Å². The third kappa shape index (κ3) is 2.87. The summed E-state index contributed by atoms with van der Waals surface area (Å²) in [6.07, 6.45) is 0.132. The van der Waals surface area contributed by atoms with Crippen molar-refractivity contribution < 1.29 is 13.2 Å². The van der Waals surface area contributed by atoms with Crippen LogP contribution in [0.25, 0.3) is 0 Å². The van der Waals surface area contributed by atoms with Crippen LogP contribution in [0.4, 0.5) is 13.2 Å². The molecule has 0 spiro atoms. The maximum absolute atomic E-state index is 13.0. The maximum atomic E-state index is 13.0. The van der Waals surface area contributed by atoms with E-state index in [4.69, 9.17) is 0 Å². The Hall–Kier alpha value is -1.78. The molecule has 1 aromatic carbocycles. The Bertz CT molecular complexity index is 448. The second-order valence-corrected chi connectivity index (χ2v) is 3.76. The number of aromatic nitrogens is 2. The Kier molecular flexibility index (Phi) is 3.17. The molecule has 0 amide bonds. The molecule has 90 valence electrons. The zero-order valence-corrected chi connectivity index (χ0v) is 8.93. The summed E-state index contributed by atoms with van der Waals surface area (Å²) in [6, 6.07) is 7.92. The predicted molar refractivity (Wildman–Crippen MR) is 57.5 cm³/mol. The Labute approximate surface area is 96.7 Å². The fourth-order valence-corrected chi connectivity index (χ4v) is 1.69. The summed E-state index contributed by atoms with van der Waals surface area (Å²) in [7, 11) is 0. The smallest absolute Gasteiger partial charge is 0.337 e. The molecule has 0 aliphatic heterocycles. The lowest BCUT2D eigenvalue weighted by Crippen LogP contribution is -2.25. The minimum Gasteiger partial charge on any atom is -0.337 e. The maximum Gasteiger partial charge on any atom is 0.397 e. The van der Waals surface area contributed by atoms with Crippen LogP contribution < -0.4 is 0 Å². The van der Waals surface area contributed by atoms with Crippen LogP contribution in [-0.2, 0) is 6.54 Å². The van der Waals surface area contributed by atoms with E-state index in [1.54, 1.807) is 18.2 Å². The first kappa shape index (κ1) is 11.7.